The van der Waals surface area contributed by atoms with Gasteiger partial charge in [-0.3, -0.25) is 0 Å². The summed E-state index contributed by atoms with van der Waals surface area (Å²) in [6, 6.07) is 6.00. The third-order valence-electron chi connectivity index (χ3n) is 1.92. The molecule has 1 aromatic carbocycles. The molecule has 0 aromatic heterocycles. The zero-order chi connectivity index (χ0) is 9.84. The van der Waals surface area contributed by atoms with Crippen molar-refractivity contribution in [2.24, 2.45) is 5.73 Å². The molecule has 0 saturated carbocycles. The highest BCUT2D eigenvalue weighted by atomic mass is 32.2. The van der Waals surface area contributed by atoms with Crippen molar-refractivity contribution in [3.63, 3.8) is 0 Å². The lowest BCUT2D eigenvalue weighted by atomic mass is 10.1. The highest BCUT2D eigenvalue weighted by Crippen LogP contribution is 2.32. The first-order chi connectivity index (χ1) is 6.20. The normalized spacial score (nSPS) is 12.6. The monoisotopic (exact) mass is 197 g/mol. The summed E-state index contributed by atoms with van der Waals surface area (Å²) in [7, 11) is 1.67. The molecule has 0 fully saturated rings. The minimum atomic E-state index is 0.0126. The zero-order valence-corrected chi connectivity index (χ0v) is 9.02. The van der Waals surface area contributed by atoms with E-state index in [1.165, 1.54) is 4.90 Å². The van der Waals surface area contributed by atoms with E-state index in [9.17, 15) is 0 Å². The van der Waals surface area contributed by atoms with Gasteiger partial charge in [-0.25, -0.2) is 0 Å². The van der Waals surface area contributed by atoms with Gasteiger partial charge in [0.15, 0.2) is 0 Å². The van der Waals surface area contributed by atoms with Crippen LogP contribution >= 0.6 is 11.8 Å². The molecular weight excluding hydrogens is 182 g/mol. The van der Waals surface area contributed by atoms with Gasteiger partial charge in [-0.2, -0.15) is 0 Å². The molecule has 1 aromatic rings. The van der Waals surface area contributed by atoms with Crippen molar-refractivity contribution in [2.45, 2.75) is 17.9 Å². The first-order valence-electron chi connectivity index (χ1n) is 4.17. The van der Waals surface area contributed by atoms with E-state index in [1.54, 1.807) is 18.9 Å². The Balaban J connectivity index is 3.21. The Bertz CT molecular complexity index is 264. The molecule has 0 radical (unpaired) electrons. The topological polar surface area (TPSA) is 35.2 Å². The summed E-state index contributed by atoms with van der Waals surface area (Å²) in [5.41, 5.74) is 6.97. The van der Waals surface area contributed by atoms with Gasteiger partial charge in [-0.15, -0.1) is 11.8 Å². The molecule has 1 rings (SSSR count). The molecule has 0 saturated heterocycles. The van der Waals surface area contributed by atoms with Crippen LogP contribution in [0.4, 0.5) is 0 Å². The van der Waals surface area contributed by atoms with E-state index in [-0.39, 0.29) is 6.04 Å². The van der Waals surface area contributed by atoms with Crippen LogP contribution in [0, 0.1) is 0 Å². The van der Waals surface area contributed by atoms with Gasteiger partial charge in [0.05, 0.1) is 7.11 Å². The molecule has 0 bridgehead atoms. The number of ether oxygens (including phenoxy) is 1. The molecule has 0 aliphatic carbocycles. The lowest BCUT2D eigenvalue weighted by molar-refractivity contribution is 0.405. The lowest BCUT2D eigenvalue weighted by Gasteiger charge is -2.14. The molecule has 0 spiro atoms. The molecule has 0 aliphatic heterocycles. The Labute approximate surface area is 83.5 Å². The van der Waals surface area contributed by atoms with E-state index >= 15 is 0 Å². The van der Waals surface area contributed by atoms with Crippen LogP contribution in [0.25, 0.3) is 0 Å². The predicted molar refractivity (Wildman–Crippen MR) is 57.4 cm³/mol. The summed E-state index contributed by atoms with van der Waals surface area (Å²) < 4.78 is 5.26. The smallest absolute Gasteiger partial charge is 0.124 e. The third-order valence-corrected chi connectivity index (χ3v) is 2.72. The van der Waals surface area contributed by atoms with Crippen molar-refractivity contribution < 1.29 is 4.74 Å². The van der Waals surface area contributed by atoms with Gasteiger partial charge in [0.25, 0.3) is 0 Å². The number of hydrogen-bond acceptors (Lipinski definition) is 3. The number of rotatable bonds is 3. The molecule has 3 heteroatoms. The van der Waals surface area contributed by atoms with E-state index in [0.29, 0.717) is 0 Å². The lowest BCUT2D eigenvalue weighted by Crippen LogP contribution is -2.08. The second-order valence-electron chi connectivity index (χ2n) is 2.86. The summed E-state index contributed by atoms with van der Waals surface area (Å²) in [6.45, 7) is 1.97. The Morgan fingerprint density at radius 1 is 1.46 bits per heavy atom. The van der Waals surface area contributed by atoms with Crippen molar-refractivity contribution in [2.75, 3.05) is 13.4 Å². The minimum Gasteiger partial charge on any atom is -0.496 e. The maximum Gasteiger partial charge on any atom is 0.124 e. The van der Waals surface area contributed by atoms with Crippen molar-refractivity contribution >= 4 is 11.8 Å². The maximum absolute atomic E-state index is 5.87. The van der Waals surface area contributed by atoms with Crippen LogP contribution in [0.15, 0.2) is 23.1 Å². The average molecular weight is 197 g/mol. The minimum absolute atomic E-state index is 0.0126. The fourth-order valence-electron chi connectivity index (χ4n) is 1.33. The standard InChI is InChI=1S/C10H15NOS/c1-7(11)10-8(12-2)5-4-6-9(10)13-3/h4-7H,11H2,1-3H3. The maximum atomic E-state index is 5.87. The van der Waals surface area contributed by atoms with E-state index in [2.05, 4.69) is 6.07 Å². The van der Waals surface area contributed by atoms with Crippen LogP contribution in [-0.2, 0) is 0 Å². The van der Waals surface area contributed by atoms with Crippen LogP contribution < -0.4 is 10.5 Å². The van der Waals surface area contributed by atoms with Crippen LogP contribution in [0.2, 0.25) is 0 Å². The summed E-state index contributed by atoms with van der Waals surface area (Å²) in [6.07, 6.45) is 2.04. The fourth-order valence-corrected chi connectivity index (χ4v) is 2.05. The highest BCUT2D eigenvalue weighted by molar-refractivity contribution is 7.98. The second kappa shape index (κ2) is 4.53. The summed E-state index contributed by atoms with van der Waals surface area (Å²) in [5, 5.41) is 0. The van der Waals surface area contributed by atoms with E-state index in [4.69, 9.17) is 10.5 Å². The molecule has 0 amide bonds. The zero-order valence-electron chi connectivity index (χ0n) is 8.20. The molecule has 2 N–H and O–H groups in total. The Hall–Kier alpha value is -0.670. The number of thioether (sulfide) groups is 1. The number of methoxy groups -OCH3 is 1. The molecule has 2 nitrogen and oxygen atoms in total. The van der Waals surface area contributed by atoms with Crippen molar-refractivity contribution in [1.82, 2.24) is 0 Å². The Kier molecular flexibility index (Phi) is 3.63. The van der Waals surface area contributed by atoms with Gasteiger partial charge in [0, 0.05) is 16.5 Å². The van der Waals surface area contributed by atoms with Gasteiger partial charge in [0.2, 0.25) is 0 Å². The molecule has 0 aliphatic rings. The van der Waals surface area contributed by atoms with Crippen LogP contribution in [0.5, 0.6) is 5.75 Å². The molecule has 1 unspecified atom stereocenters. The molecule has 13 heavy (non-hydrogen) atoms. The predicted octanol–water partition coefficient (Wildman–Crippen LogP) is 2.44. The summed E-state index contributed by atoms with van der Waals surface area (Å²) in [4.78, 5) is 1.19. The quantitative estimate of drug-likeness (QED) is 0.756. The summed E-state index contributed by atoms with van der Waals surface area (Å²) in [5.74, 6) is 0.877. The van der Waals surface area contributed by atoms with Gasteiger partial charge in [-0.05, 0) is 25.3 Å². The van der Waals surface area contributed by atoms with Crippen molar-refractivity contribution in [1.29, 1.82) is 0 Å². The largest absolute Gasteiger partial charge is 0.496 e. The first-order valence-corrected chi connectivity index (χ1v) is 5.39. The summed E-state index contributed by atoms with van der Waals surface area (Å²) >= 11 is 1.69. The number of nitrogens with two attached hydrogens (primary N) is 1. The van der Waals surface area contributed by atoms with E-state index in [1.807, 2.05) is 25.3 Å². The Morgan fingerprint density at radius 3 is 2.62 bits per heavy atom. The van der Waals surface area contributed by atoms with Crippen LogP contribution in [0.1, 0.15) is 18.5 Å². The molecule has 1 atom stereocenters. The van der Waals surface area contributed by atoms with E-state index in [0.717, 1.165) is 11.3 Å². The molecule has 0 heterocycles. The third kappa shape index (κ3) is 2.17. The number of hydrogen-bond donors (Lipinski definition) is 1. The van der Waals surface area contributed by atoms with Crippen molar-refractivity contribution in [3.05, 3.63) is 23.8 Å². The van der Waals surface area contributed by atoms with Crippen molar-refractivity contribution in [3.8, 4) is 5.75 Å². The first kappa shape index (κ1) is 10.4. The van der Waals surface area contributed by atoms with Crippen LogP contribution in [0.3, 0.4) is 0 Å². The second-order valence-corrected chi connectivity index (χ2v) is 3.71. The average Bonchev–Trinajstić information content (AvgIpc) is 2.16. The molecular formula is C10H15NOS. The Morgan fingerprint density at radius 2 is 2.15 bits per heavy atom. The van der Waals surface area contributed by atoms with E-state index < -0.39 is 0 Å². The highest BCUT2D eigenvalue weighted by Gasteiger charge is 2.11. The van der Waals surface area contributed by atoms with Crippen LogP contribution in [-0.4, -0.2) is 13.4 Å². The van der Waals surface area contributed by atoms with Gasteiger partial charge in [-0.1, -0.05) is 6.07 Å². The SMILES string of the molecule is COc1cccc(SC)c1C(C)N. The number of benzene rings is 1. The van der Waals surface area contributed by atoms with Gasteiger partial charge < -0.3 is 10.5 Å². The molecule has 72 valence electrons. The van der Waals surface area contributed by atoms with Gasteiger partial charge in [0.1, 0.15) is 5.75 Å². The fraction of sp³-hybridized carbons (Fsp3) is 0.400. The van der Waals surface area contributed by atoms with Gasteiger partial charge >= 0.3 is 0 Å².